The number of amides is 1. The molecule has 6 heteroatoms. The molecule has 3 nitrogen and oxygen atoms in total. The van der Waals surface area contributed by atoms with Crippen molar-refractivity contribution < 1.29 is 4.79 Å². The molecule has 1 aliphatic rings. The van der Waals surface area contributed by atoms with E-state index in [0.717, 1.165) is 5.56 Å². The summed E-state index contributed by atoms with van der Waals surface area (Å²) in [5, 5.41) is 4.54. The molecule has 22 heavy (non-hydrogen) atoms. The van der Waals surface area contributed by atoms with E-state index in [2.05, 4.69) is 10.3 Å². The van der Waals surface area contributed by atoms with E-state index in [9.17, 15) is 4.79 Å². The van der Waals surface area contributed by atoms with Gasteiger partial charge < -0.3 is 5.32 Å². The van der Waals surface area contributed by atoms with Gasteiger partial charge in [-0.3, -0.25) is 4.79 Å². The van der Waals surface area contributed by atoms with Gasteiger partial charge in [0, 0.05) is 10.0 Å². The number of hydrogen-bond acceptors (Lipinski definition) is 3. The van der Waals surface area contributed by atoms with Gasteiger partial charge in [0.15, 0.2) is 5.17 Å². The third-order valence-corrected chi connectivity index (χ3v) is 4.25. The number of amidine groups is 1. The summed E-state index contributed by atoms with van der Waals surface area (Å²) in [6.45, 7) is 0. The van der Waals surface area contributed by atoms with Crippen molar-refractivity contribution in [2.75, 3.05) is 0 Å². The summed E-state index contributed by atoms with van der Waals surface area (Å²) in [6.07, 6.45) is 1.80. The number of halogens is 2. The predicted octanol–water partition coefficient (Wildman–Crippen LogP) is 4.89. The van der Waals surface area contributed by atoms with Crippen molar-refractivity contribution in [1.82, 2.24) is 5.32 Å². The summed E-state index contributed by atoms with van der Waals surface area (Å²) < 4.78 is 0. The molecule has 0 bridgehead atoms. The summed E-state index contributed by atoms with van der Waals surface area (Å²) in [4.78, 5) is 16.9. The minimum absolute atomic E-state index is 0.166. The van der Waals surface area contributed by atoms with E-state index in [1.165, 1.54) is 11.8 Å². The summed E-state index contributed by atoms with van der Waals surface area (Å²) in [5.41, 5.74) is 1.61. The first-order valence-corrected chi connectivity index (χ1v) is 7.98. The number of hydrogen-bond donors (Lipinski definition) is 1. The first kappa shape index (κ1) is 15.2. The molecule has 3 rings (SSSR count). The number of rotatable bonds is 2. The van der Waals surface area contributed by atoms with Crippen LogP contribution in [0.5, 0.6) is 0 Å². The summed E-state index contributed by atoms with van der Waals surface area (Å²) in [7, 11) is 0. The van der Waals surface area contributed by atoms with Crippen molar-refractivity contribution in [2.45, 2.75) is 0 Å². The van der Waals surface area contributed by atoms with Crippen molar-refractivity contribution >= 4 is 57.8 Å². The van der Waals surface area contributed by atoms with Gasteiger partial charge in [-0.2, -0.15) is 0 Å². The largest absolute Gasteiger partial charge is 0.300 e. The highest BCUT2D eigenvalue weighted by atomic mass is 35.5. The second-order valence-corrected chi connectivity index (χ2v) is 6.42. The maximum absolute atomic E-state index is 12.0. The first-order valence-electron chi connectivity index (χ1n) is 6.41. The van der Waals surface area contributed by atoms with Gasteiger partial charge >= 0.3 is 0 Å². The van der Waals surface area contributed by atoms with E-state index >= 15 is 0 Å². The second-order valence-electron chi connectivity index (χ2n) is 4.51. The number of aliphatic imine (C=N–C) groups is 1. The molecule has 2 aromatic rings. The van der Waals surface area contributed by atoms with Gasteiger partial charge in [0.05, 0.1) is 10.6 Å². The topological polar surface area (TPSA) is 41.5 Å². The maximum Gasteiger partial charge on any atom is 0.264 e. The molecule has 110 valence electrons. The van der Waals surface area contributed by atoms with E-state index in [4.69, 9.17) is 23.2 Å². The number of benzene rings is 2. The summed E-state index contributed by atoms with van der Waals surface area (Å²) in [6, 6.07) is 14.4. The molecule has 0 aromatic heterocycles. The highest BCUT2D eigenvalue weighted by Crippen LogP contribution is 2.28. The van der Waals surface area contributed by atoms with Gasteiger partial charge in [0.25, 0.3) is 5.91 Å². The smallest absolute Gasteiger partial charge is 0.264 e. The Labute approximate surface area is 142 Å². The third-order valence-electron chi connectivity index (χ3n) is 2.86. The molecule has 0 radical (unpaired) electrons. The lowest BCUT2D eigenvalue weighted by Crippen LogP contribution is -2.19. The van der Waals surface area contributed by atoms with Gasteiger partial charge in [0.2, 0.25) is 0 Å². The fourth-order valence-electron chi connectivity index (χ4n) is 1.85. The van der Waals surface area contributed by atoms with Gasteiger partial charge in [-0.15, -0.1) is 0 Å². The minimum Gasteiger partial charge on any atom is -0.300 e. The molecule has 0 atom stereocenters. The van der Waals surface area contributed by atoms with Crippen LogP contribution in [-0.4, -0.2) is 11.1 Å². The Morgan fingerprint density at radius 3 is 2.55 bits per heavy atom. The van der Waals surface area contributed by atoms with Crippen LogP contribution in [0.1, 0.15) is 5.56 Å². The van der Waals surface area contributed by atoms with Gasteiger partial charge in [-0.05, 0) is 53.7 Å². The van der Waals surface area contributed by atoms with Crippen LogP contribution in [0.25, 0.3) is 6.08 Å². The fourth-order valence-corrected chi connectivity index (χ4v) is 3.01. The quantitative estimate of drug-likeness (QED) is 0.785. The number of thioether (sulfide) groups is 1. The molecular formula is C16H10Cl2N2OS. The average Bonchev–Trinajstić information content (AvgIpc) is 2.81. The molecule has 2 aromatic carbocycles. The Bertz CT molecular complexity index is 785. The molecule has 0 unspecified atom stereocenters. The Kier molecular flexibility index (Phi) is 4.52. The van der Waals surface area contributed by atoms with Crippen molar-refractivity contribution in [3.05, 3.63) is 69.0 Å². The van der Waals surface area contributed by atoms with Crippen LogP contribution in [0.2, 0.25) is 10.0 Å². The van der Waals surface area contributed by atoms with Crippen molar-refractivity contribution in [1.29, 1.82) is 0 Å². The van der Waals surface area contributed by atoms with Crippen LogP contribution in [-0.2, 0) is 4.79 Å². The second kappa shape index (κ2) is 6.57. The van der Waals surface area contributed by atoms with Crippen LogP contribution in [0.4, 0.5) is 5.69 Å². The SMILES string of the molecule is O=C1NC(=Nc2cccc(Cl)c2)SC1=Cc1ccc(Cl)cc1. The van der Waals surface area contributed by atoms with Crippen LogP contribution in [0.3, 0.4) is 0 Å². The van der Waals surface area contributed by atoms with Gasteiger partial charge in [0.1, 0.15) is 0 Å². The van der Waals surface area contributed by atoms with E-state index in [1.807, 2.05) is 24.3 Å². The highest BCUT2D eigenvalue weighted by Gasteiger charge is 2.23. The zero-order chi connectivity index (χ0) is 15.5. The van der Waals surface area contributed by atoms with E-state index in [-0.39, 0.29) is 5.91 Å². The third kappa shape index (κ3) is 3.71. The Hall–Kier alpha value is -1.75. The Morgan fingerprint density at radius 2 is 1.82 bits per heavy atom. The number of nitrogens with zero attached hydrogens (tertiary/aromatic N) is 1. The molecule has 1 saturated heterocycles. The monoisotopic (exact) mass is 348 g/mol. The summed E-state index contributed by atoms with van der Waals surface area (Å²) >= 11 is 13.1. The van der Waals surface area contributed by atoms with Crippen LogP contribution in [0, 0.1) is 0 Å². The molecule has 0 aliphatic carbocycles. The van der Waals surface area contributed by atoms with E-state index in [1.54, 1.807) is 30.3 Å². The Balaban J connectivity index is 1.82. The van der Waals surface area contributed by atoms with E-state index < -0.39 is 0 Å². The molecule has 0 spiro atoms. The molecule has 1 heterocycles. The number of carbonyl (C=O) groups excluding carboxylic acids is 1. The van der Waals surface area contributed by atoms with Crippen LogP contribution >= 0.6 is 35.0 Å². The zero-order valence-electron chi connectivity index (χ0n) is 11.2. The maximum atomic E-state index is 12.0. The lowest BCUT2D eigenvalue weighted by molar-refractivity contribution is -0.115. The van der Waals surface area contributed by atoms with Crippen LogP contribution in [0.15, 0.2) is 58.4 Å². The number of carbonyl (C=O) groups is 1. The molecule has 1 aliphatic heterocycles. The molecule has 1 fully saturated rings. The van der Waals surface area contributed by atoms with Crippen molar-refractivity contribution in [3.8, 4) is 0 Å². The molecule has 1 N–H and O–H groups in total. The van der Waals surface area contributed by atoms with Crippen molar-refractivity contribution in [2.24, 2.45) is 4.99 Å². The molecule has 1 amide bonds. The minimum atomic E-state index is -0.166. The number of nitrogens with one attached hydrogen (secondary N) is 1. The first-order chi connectivity index (χ1) is 10.6. The highest BCUT2D eigenvalue weighted by molar-refractivity contribution is 8.18. The fraction of sp³-hybridized carbons (Fsp3) is 0. The Morgan fingerprint density at radius 1 is 1.05 bits per heavy atom. The van der Waals surface area contributed by atoms with Gasteiger partial charge in [-0.1, -0.05) is 41.4 Å². The standard InChI is InChI=1S/C16H10Cl2N2OS/c17-11-6-4-10(5-7-11)8-14-15(21)20-16(22-14)19-13-3-1-2-12(18)9-13/h1-9H,(H,19,20,21). The molecular weight excluding hydrogens is 339 g/mol. The van der Waals surface area contributed by atoms with Crippen LogP contribution < -0.4 is 5.32 Å². The van der Waals surface area contributed by atoms with E-state index in [0.29, 0.717) is 25.8 Å². The normalized spacial score (nSPS) is 18.0. The predicted molar refractivity (Wildman–Crippen MR) is 93.7 cm³/mol. The zero-order valence-corrected chi connectivity index (χ0v) is 13.5. The van der Waals surface area contributed by atoms with Gasteiger partial charge in [-0.25, -0.2) is 4.99 Å². The lowest BCUT2D eigenvalue weighted by Gasteiger charge is -1.96. The van der Waals surface area contributed by atoms with Crippen molar-refractivity contribution in [3.63, 3.8) is 0 Å². The molecule has 0 saturated carbocycles. The summed E-state index contributed by atoms with van der Waals surface area (Å²) in [5.74, 6) is -0.166. The lowest BCUT2D eigenvalue weighted by atomic mass is 10.2. The average molecular weight is 349 g/mol.